The number of carbonyl (C=O) groups excluding carboxylic acids is 2. The molecule has 0 aromatic heterocycles. The van der Waals surface area contributed by atoms with Gasteiger partial charge in [0.1, 0.15) is 12.3 Å². The molecule has 2 rings (SSSR count). The Bertz CT molecular complexity index is 907. The number of halogens is 1. The molecule has 2 aromatic carbocycles. The van der Waals surface area contributed by atoms with Crippen LogP contribution >= 0.6 is 15.9 Å². The summed E-state index contributed by atoms with van der Waals surface area (Å²) in [7, 11) is 0. The molecule has 0 spiro atoms. The lowest BCUT2D eigenvalue weighted by atomic mass is 10.1. The number of nitro groups is 1. The van der Waals surface area contributed by atoms with Crippen LogP contribution in [0.4, 0.5) is 5.69 Å². The standard InChI is InChI=1S/C19H15BrN2O5/c1-2-11-27-19(24)17(12-13-7-9-14(10-8-13)22(25)26)21-18(23)15-5-3-4-6-16(15)20/h2-10,12H,1,11H2,(H,21,23)/b17-12+. The van der Waals surface area contributed by atoms with Crippen LogP contribution in [0.2, 0.25) is 0 Å². The zero-order chi connectivity index (χ0) is 19.8. The van der Waals surface area contributed by atoms with Gasteiger partial charge in [0.25, 0.3) is 11.6 Å². The van der Waals surface area contributed by atoms with Crippen LogP contribution in [0.3, 0.4) is 0 Å². The monoisotopic (exact) mass is 430 g/mol. The maximum Gasteiger partial charge on any atom is 0.355 e. The number of amides is 1. The van der Waals surface area contributed by atoms with Crippen molar-refractivity contribution in [1.82, 2.24) is 5.32 Å². The van der Waals surface area contributed by atoms with Crippen LogP contribution in [0, 0.1) is 10.1 Å². The third-order valence-electron chi connectivity index (χ3n) is 3.33. The van der Waals surface area contributed by atoms with E-state index in [4.69, 9.17) is 4.74 Å². The highest BCUT2D eigenvalue weighted by Gasteiger charge is 2.17. The summed E-state index contributed by atoms with van der Waals surface area (Å²) in [6, 6.07) is 12.3. The van der Waals surface area contributed by atoms with Gasteiger partial charge in [0.05, 0.1) is 10.5 Å². The first kappa shape index (κ1) is 20.1. The van der Waals surface area contributed by atoms with Gasteiger partial charge < -0.3 is 10.1 Å². The second kappa shape index (κ2) is 9.44. The Balaban J connectivity index is 2.31. The number of esters is 1. The van der Waals surface area contributed by atoms with E-state index in [1.165, 1.54) is 36.4 Å². The maximum atomic E-state index is 12.5. The van der Waals surface area contributed by atoms with E-state index in [1.54, 1.807) is 24.3 Å². The second-order valence-electron chi connectivity index (χ2n) is 5.23. The number of nitro benzene ring substituents is 1. The fraction of sp³-hybridized carbons (Fsp3) is 0.0526. The van der Waals surface area contributed by atoms with E-state index in [2.05, 4.69) is 27.8 Å². The number of ether oxygens (including phenoxy) is 1. The summed E-state index contributed by atoms with van der Waals surface area (Å²) >= 11 is 3.28. The molecule has 0 aliphatic carbocycles. The van der Waals surface area contributed by atoms with Gasteiger partial charge in [-0.05, 0) is 51.8 Å². The molecule has 0 unspecified atom stereocenters. The Kier molecular flexibility index (Phi) is 7.01. The van der Waals surface area contributed by atoms with Crippen LogP contribution in [0.1, 0.15) is 15.9 Å². The highest BCUT2D eigenvalue weighted by atomic mass is 79.9. The van der Waals surface area contributed by atoms with Gasteiger partial charge in [-0.3, -0.25) is 14.9 Å². The summed E-state index contributed by atoms with van der Waals surface area (Å²) in [4.78, 5) is 35.0. The highest BCUT2D eigenvalue weighted by molar-refractivity contribution is 9.10. The normalized spacial score (nSPS) is 10.8. The van der Waals surface area contributed by atoms with Gasteiger partial charge >= 0.3 is 5.97 Å². The van der Waals surface area contributed by atoms with Gasteiger partial charge in [0.2, 0.25) is 0 Å². The average molecular weight is 431 g/mol. The quantitative estimate of drug-likeness (QED) is 0.236. The Morgan fingerprint density at radius 2 is 1.85 bits per heavy atom. The predicted molar refractivity (Wildman–Crippen MR) is 104 cm³/mol. The average Bonchev–Trinajstić information content (AvgIpc) is 2.66. The Morgan fingerprint density at radius 3 is 2.44 bits per heavy atom. The molecular weight excluding hydrogens is 416 g/mol. The van der Waals surface area contributed by atoms with E-state index in [-0.39, 0.29) is 18.0 Å². The van der Waals surface area contributed by atoms with Crippen molar-refractivity contribution in [3.63, 3.8) is 0 Å². The molecule has 0 aliphatic rings. The molecule has 1 N–H and O–H groups in total. The number of hydrogen-bond donors (Lipinski definition) is 1. The number of carbonyl (C=O) groups is 2. The molecule has 0 radical (unpaired) electrons. The summed E-state index contributed by atoms with van der Waals surface area (Å²) in [6.45, 7) is 3.44. The smallest absolute Gasteiger partial charge is 0.355 e. The van der Waals surface area contributed by atoms with Crippen LogP contribution in [0.15, 0.2) is 71.4 Å². The molecule has 7 nitrogen and oxygen atoms in total. The maximum absolute atomic E-state index is 12.5. The third-order valence-corrected chi connectivity index (χ3v) is 4.03. The second-order valence-corrected chi connectivity index (χ2v) is 6.08. The van der Waals surface area contributed by atoms with Gasteiger partial charge in [0.15, 0.2) is 0 Å². The SMILES string of the molecule is C=CCOC(=O)/C(=C\c1ccc([N+](=O)[O-])cc1)NC(=O)c1ccccc1Br. The van der Waals surface area contributed by atoms with E-state index < -0.39 is 16.8 Å². The first-order chi connectivity index (χ1) is 12.9. The summed E-state index contributed by atoms with van der Waals surface area (Å²) in [5.74, 6) is -1.26. The van der Waals surface area contributed by atoms with Crippen molar-refractivity contribution in [3.05, 3.63) is 92.6 Å². The summed E-state index contributed by atoms with van der Waals surface area (Å²) in [5.41, 5.74) is 0.633. The Labute approximate surface area is 163 Å². The predicted octanol–water partition coefficient (Wildman–Crippen LogP) is 3.86. The van der Waals surface area contributed by atoms with Crippen molar-refractivity contribution in [1.29, 1.82) is 0 Å². The van der Waals surface area contributed by atoms with Crippen LogP contribution in [-0.2, 0) is 9.53 Å². The van der Waals surface area contributed by atoms with Crippen molar-refractivity contribution >= 4 is 39.6 Å². The number of nitrogens with one attached hydrogen (secondary N) is 1. The minimum Gasteiger partial charge on any atom is -0.457 e. The molecule has 0 fully saturated rings. The highest BCUT2D eigenvalue weighted by Crippen LogP contribution is 2.17. The van der Waals surface area contributed by atoms with Crippen LogP contribution in [0.5, 0.6) is 0 Å². The number of nitrogens with zero attached hydrogens (tertiary/aromatic N) is 1. The number of non-ortho nitro benzene ring substituents is 1. The fourth-order valence-corrected chi connectivity index (χ4v) is 2.52. The van der Waals surface area contributed by atoms with Gasteiger partial charge in [-0.1, -0.05) is 24.8 Å². The van der Waals surface area contributed by atoms with Crippen molar-refractivity contribution in [2.75, 3.05) is 6.61 Å². The Morgan fingerprint density at radius 1 is 1.19 bits per heavy atom. The Hall–Kier alpha value is -3.26. The van der Waals surface area contributed by atoms with E-state index in [0.29, 0.717) is 15.6 Å². The molecule has 138 valence electrons. The molecule has 0 saturated carbocycles. The summed E-state index contributed by atoms with van der Waals surface area (Å²) in [5, 5.41) is 13.3. The molecule has 0 atom stereocenters. The largest absolute Gasteiger partial charge is 0.457 e. The lowest BCUT2D eigenvalue weighted by Crippen LogP contribution is -2.28. The van der Waals surface area contributed by atoms with E-state index in [1.807, 2.05) is 0 Å². The number of benzene rings is 2. The molecule has 8 heteroatoms. The molecule has 2 aromatic rings. The topological polar surface area (TPSA) is 98.5 Å². The van der Waals surface area contributed by atoms with Crippen LogP contribution in [-0.4, -0.2) is 23.4 Å². The van der Waals surface area contributed by atoms with Crippen LogP contribution < -0.4 is 5.32 Å². The third kappa shape index (κ3) is 5.61. The summed E-state index contributed by atoms with van der Waals surface area (Å²) in [6.07, 6.45) is 2.78. The van der Waals surface area contributed by atoms with Gasteiger partial charge in [-0.15, -0.1) is 0 Å². The number of rotatable bonds is 7. The molecule has 1 amide bonds. The molecule has 0 bridgehead atoms. The van der Waals surface area contributed by atoms with E-state index >= 15 is 0 Å². The van der Waals surface area contributed by atoms with Crippen molar-refractivity contribution < 1.29 is 19.2 Å². The van der Waals surface area contributed by atoms with Crippen molar-refractivity contribution in [2.24, 2.45) is 0 Å². The first-order valence-electron chi connectivity index (χ1n) is 7.72. The van der Waals surface area contributed by atoms with E-state index in [9.17, 15) is 19.7 Å². The van der Waals surface area contributed by atoms with Gasteiger partial charge in [0, 0.05) is 16.6 Å². The van der Waals surface area contributed by atoms with E-state index in [0.717, 1.165) is 0 Å². The zero-order valence-corrected chi connectivity index (χ0v) is 15.6. The zero-order valence-electron chi connectivity index (χ0n) is 14.1. The minimum absolute atomic E-state index is 0.0265. The molecule has 0 aliphatic heterocycles. The lowest BCUT2D eigenvalue weighted by Gasteiger charge is -2.10. The van der Waals surface area contributed by atoms with Crippen molar-refractivity contribution in [2.45, 2.75) is 0 Å². The summed E-state index contributed by atoms with van der Waals surface area (Å²) < 4.78 is 5.56. The molecule has 0 heterocycles. The van der Waals surface area contributed by atoms with Gasteiger partial charge in [-0.25, -0.2) is 4.79 Å². The van der Waals surface area contributed by atoms with Gasteiger partial charge in [-0.2, -0.15) is 0 Å². The fourth-order valence-electron chi connectivity index (χ4n) is 2.05. The van der Waals surface area contributed by atoms with Crippen molar-refractivity contribution in [3.8, 4) is 0 Å². The first-order valence-corrected chi connectivity index (χ1v) is 8.51. The molecule has 27 heavy (non-hydrogen) atoms. The molecule has 0 saturated heterocycles. The molecular formula is C19H15BrN2O5. The minimum atomic E-state index is -0.756. The number of hydrogen-bond acceptors (Lipinski definition) is 5. The van der Waals surface area contributed by atoms with Crippen LogP contribution in [0.25, 0.3) is 6.08 Å². The lowest BCUT2D eigenvalue weighted by molar-refractivity contribution is -0.384.